The first-order valence-corrected chi connectivity index (χ1v) is 9.39. The number of amides is 1. The molecule has 0 unspecified atom stereocenters. The van der Waals surface area contributed by atoms with E-state index in [0.717, 1.165) is 31.4 Å². The summed E-state index contributed by atoms with van der Waals surface area (Å²) >= 11 is 0. The number of benzene rings is 1. The quantitative estimate of drug-likeness (QED) is 0.810. The van der Waals surface area contributed by atoms with E-state index < -0.39 is 10.0 Å². The zero-order chi connectivity index (χ0) is 16.9. The number of nitrogens with one attached hydrogen (secondary N) is 1. The van der Waals surface area contributed by atoms with Gasteiger partial charge in [0.15, 0.2) is 0 Å². The lowest BCUT2D eigenvalue weighted by Crippen LogP contribution is -2.30. The van der Waals surface area contributed by atoms with Crippen LogP contribution in [0.5, 0.6) is 0 Å². The van der Waals surface area contributed by atoms with E-state index in [0.29, 0.717) is 18.7 Å². The highest BCUT2D eigenvalue weighted by atomic mass is 32.2. The van der Waals surface area contributed by atoms with Crippen LogP contribution in [-0.2, 0) is 10.0 Å². The zero-order valence-electron chi connectivity index (χ0n) is 13.6. The second-order valence-corrected chi connectivity index (χ2v) is 7.38. The van der Waals surface area contributed by atoms with E-state index in [1.54, 1.807) is 26.0 Å². The van der Waals surface area contributed by atoms with Gasteiger partial charge < -0.3 is 0 Å². The largest absolute Gasteiger partial charge is 0.271 e. The molecule has 1 N–H and O–H groups in total. The molecule has 1 fully saturated rings. The predicted molar refractivity (Wildman–Crippen MR) is 89.9 cm³/mol. The molecule has 1 aromatic rings. The molecule has 23 heavy (non-hydrogen) atoms. The van der Waals surface area contributed by atoms with E-state index in [4.69, 9.17) is 0 Å². The van der Waals surface area contributed by atoms with Crippen LogP contribution in [-0.4, -0.2) is 37.4 Å². The van der Waals surface area contributed by atoms with Crippen LogP contribution in [0.25, 0.3) is 0 Å². The molecule has 0 aliphatic heterocycles. The Morgan fingerprint density at radius 3 is 2.48 bits per heavy atom. The van der Waals surface area contributed by atoms with Crippen molar-refractivity contribution < 1.29 is 13.2 Å². The predicted octanol–water partition coefficient (Wildman–Crippen LogP) is 2.38. The van der Waals surface area contributed by atoms with Crippen LogP contribution >= 0.6 is 0 Å². The first-order valence-electron chi connectivity index (χ1n) is 7.95. The third kappa shape index (κ3) is 4.17. The van der Waals surface area contributed by atoms with Crippen LogP contribution in [0.4, 0.5) is 0 Å². The van der Waals surface area contributed by atoms with E-state index in [2.05, 4.69) is 10.5 Å². The third-order valence-corrected chi connectivity index (χ3v) is 5.98. The zero-order valence-corrected chi connectivity index (χ0v) is 14.4. The Balaban J connectivity index is 2.19. The second-order valence-electron chi connectivity index (χ2n) is 5.44. The lowest BCUT2D eigenvalue weighted by atomic mass is 10.2. The summed E-state index contributed by atoms with van der Waals surface area (Å²) in [7, 11) is -3.57. The number of hydrogen-bond acceptors (Lipinski definition) is 4. The van der Waals surface area contributed by atoms with Gasteiger partial charge in [-0.25, -0.2) is 13.8 Å². The van der Waals surface area contributed by atoms with Gasteiger partial charge in [-0.05, 0) is 43.9 Å². The first-order chi connectivity index (χ1) is 11.0. The van der Waals surface area contributed by atoms with Gasteiger partial charge in [0.1, 0.15) is 0 Å². The molecule has 1 amide bonds. The molecule has 0 aromatic heterocycles. The number of hydrazone groups is 1. The van der Waals surface area contributed by atoms with Gasteiger partial charge in [-0.3, -0.25) is 4.79 Å². The van der Waals surface area contributed by atoms with Crippen LogP contribution in [0.3, 0.4) is 0 Å². The monoisotopic (exact) mass is 337 g/mol. The summed E-state index contributed by atoms with van der Waals surface area (Å²) in [4.78, 5) is 12.3. The summed E-state index contributed by atoms with van der Waals surface area (Å²) < 4.78 is 26.4. The van der Waals surface area contributed by atoms with E-state index in [1.165, 1.54) is 16.4 Å². The first kappa shape index (κ1) is 17.6. The van der Waals surface area contributed by atoms with Crippen molar-refractivity contribution >= 4 is 21.6 Å². The lowest BCUT2D eigenvalue weighted by Gasteiger charge is -2.18. The highest BCUT2D eigenvalue weighted by Crippen LogP contribution is 2.17. The minimum absolute atomic E-state index is 0.127. The summed E-state index contributed by atoms with van der Waals surface area (Å²) in [6.45, 7) is 4.36. The van der Waals surface area contributed by atoms with Gasteiger partial charge in [0.25, 0.3) is 5.91 Å². The fourth-order valence-electron chi connectivity index (χ4n) is 2.60. The summed E-state index contributed by atoms with van der Waals surface area (Å²) in [5.41, 5.74) is 3.80. The lowest BCUT2D eigenvalue weighted by molar-refractivity contribution is 0.0954. The molecule has 0 spiro atoms. The number of nitrogens with zero attached hydrogens (tertiary/aromatic N) is 2. The Morgan fingerprint density at radius 2 is 1.87 bits per heavy atom. The van der Waals surface area contributed by atoms with Crippen LogP contribution in [0.15, 0.2) is 34.3 Å². The van der Waals surface area contributed by atoms with Crippen LogP contribution in [0, 0.1) is 0 Å². The maximum atomic E-state index is 12.5. The fourth-order valence-corrected chi connectivity index (χ4v) is 4.10. The van der Waals surface area contributed by atoms with Crippen LogP contribution < -0.4 is 5.43 Å². The Kier molecular flexibility index (Phi) is 5.90. The fraction of sp³-hybridized carbons (Fsp3) is 0.500. The summed E-state index contributed by atoms with van der Waals surface area (Å²) in [5, 5.41) is 4.12. The molecule has 0 atom stereocenters. The van der Waals surface area contributed by atoms with Crippen molar-refractivity contribution in [3.8, 4) is 0 Å². The van der Waals surface area contributed by atoms with Crippen molar-refractivity contribution in [1.82, 2.24) is 9.73 Å². The van der Waals surface area contributed by atoms with Gasteiger partial charge in [-0.1, -0.05) is 19.9 Å². The Morgan fingerprint density at radius 1 is 1.22 bits per heavy atom. The van der Waals surface area contributed by atoms with Gasteiger partial charge in [-0.2, -0.15) is 9.41 Å². The van der Waals surface area contributed by atoms with Gasteiger partial charge in [0.05, 0.1) is 4.90 Å². The minimum Gasteiger partial charge on any atom is -0.267 e. The Hall–Kier alpha value is -1.73. The summed E-state index contributed by atoms with van der Waals surface area (Å²) in [6, 6.07) is 6.07. The normalized spacial score (nSPS) is 15.0. The molecule has 6 nitrogen and oxygen atoms in total. The van der Waals surface area contributed by atoms with Crippen molar-refractivity contribution in [3.05, 3.63) is 29.8 Å². The van der Waals surface area contributed by atoms with Gasteiger partial charge >= 0.3 is 0 Å². The molecule has 1 aliphatic rings. The number of hydrogen-bond donors (Lipinski definition) is 1. The molecule has 7 heteroatoms. The van der Waals surface area contributed by atoms with Crippen molar-refractivity contribution in [1.29, 1.82) is 0 Å². The number of carbonyl (C=O) groups is 1. The molecule has 0 heterocycles. The molecular weight excluding hydrogens is 314 g/mol. The Bertz CT molecular complexity index is 686. The van der Waals surface area contributed by atoms with Gasteiger partial charge in [-0.15, -0.1) is 0 Å². The number of carbonyl (C=O) groups excluding carboxylic acids is 1. The van der Waals surface area contributed by atoms with Crippen LogP contribution in [0.1, 0.15) is 49.9 Å². The van der Waals surface area contributed by atoms with Crippen LogP contribution in [0.2, 0.25) is 0 Å². The van der Waals surface area contributed by atoms with Crippen molar-refractivity contribution in [2.45, 2.75) is 44.4 Å². The highest BCUT2D eigenvalue weighted by molar-refractivity contribution is 7.89. The molecular formula is C16H23N3O3S. The van der Waals surface area contributed by atoms with Crippen molar-refractivity contribution in [2.24, 2.45) is 5.10 Å². The highest BCUT2D eigenvalue weighted by Gasteiger charge is 2.22. The molecule has 0 saturated heterocycles. The minimum atomic E-state index is -3.57. The molecule has 2 rings (SSSR count). The molecule has 126 valence electrons. The van der Waals surface area contributed by atoms with Crippen molar-refractivity contribution in [2.75, 3.05) is 13.1 Å². The van der Waals surface area contributed by atoms with E-state index in [9.17, 15) is 13.2 Å². The molecule has 0 bridgehead atoms. The summed E-state index contributed by atoms with van der Waals surface area (Å²) in [5.74, 6) is -0.388. The smallest absolute Gasteiger partial charge is 0.267 e. The van der Waals surface area contributed by atoms with Gasteiger partial charge in [0, 0.05) is 24.4 Å². The summed E-state index contributed by atoms with van der Waals surface area (Å²) in [6.07, 6.45) is 4.03. The second kappa shape index (κ2) is 7.70. The van der Waals surface area contributed by atoms with E-state index in [-0.39, 0.29) is 10.8 Å². The average molecular weight is 337 g/mol. The SMILES string of the molecule is CCN(CC)S(=O)(=O)c1cccc(C(=O)NN=C2CCCC2)c1. The molecule has 1 aliphatic carbocycles. The maximum Gasteiger partial charge on any atom is 0.271 e. The van der Waals surface area contributed by atoms with E-state index >= 15 is 0 Å². The standard InChI is InChI=1S/C16H23N3O3S/c1-3-19(4-2)23(21,22)15-11-7-8-13(12-15)16(20)18-17-14-9-5-6-10-14/h7-8,11-12H,3-6,9-10H2,1-2H3,(H,18,20). The third-order valence-electron chi connectivity index (χ3n) is 3.94. The topological polar surface area (TPSA) is 78.8 Å². The average Bonchev–Trinajstić information content (AvgIpc) is 3.07. The molecule has 0 radical (unpaired) electrons. The number of rotatable bonds is 6. The van der Waals surface area contributed by atoms with E-state index in [1.807, 2.05) is 0 Å². The van der Waals surface area contributed by atoms with Gasteiger partial charge in [0.2, 0.25) is 10.0 Å². The number of sulfonamides is 1. The molecule has 1 aromatic carbocycles. The van der Waals surface area contributed by atoms with Crippen molar-refractivity contribution in [3.63, 3.8) is 0 Å². The Labute approximate surface area is 137 Å². The maximum absolute atomic E-state index is 12.5. The molecule has 1 saturated carbocycles.